The van der Waals surface area contributed by atoms with E-state index in [9.17, 15) is 9.59 Å². The minimum atomic E-state index is -0.986. The van der Waals surface area contributed by atoms with Gasteiger partial charge in [-0.25, -0.2) is 4.79 Å². The molecular weight excluding hydrogens is 238 g/mol. The Bertz CT molecular complexity index is 403. The van der Waals surface area contributed by atoms with E-state index in [2.05, 4.69) is 0 Å². The molecule has 4 nitrogen and oxygen atoms in total. The molecule has 0 bridgehead atoms. The average molecular weight is 253 g/mol. The van der Waals surface area contributed by atoms with Gasteiger partial charge in [0.25, 0.3) is 5.91 Å². The van der Waals surface area contributed by atoms with Gasteiger partial charge in [0.2, 0.25) is 0 Å². The van der Waals surface area contributed by atoms with Gasteiger partial charge in [-0.15, -0.1) is 0 Å². The molecule has 92 valence electrons. The molecule has 0 saturated heterocycles. The number of hydrogen-bond acceptors (Lipinski definition) is 3. The van der Waals surface area contributed by atoms with Crippen LogP contribution in [0.1, 0.15) is 20.7 Å². The Morgan fingerprint density at radius 3 is 2.24 bits per heavy atom. The van der Waals surface area contributed by atoms with Crippen LogP contribution in [0.5, 0.6) is 0 Å². The van der Waals surface area contributed by atoms with Crippen molar-refractivity contribution in [2.24, 2.45) is 0 Å². The highest BCUT2D eigenvalue weighted by Gasteiger charge is 2.11. The lowest BCUT2D eigenvalue weighted by atomic mass is 10.1. The number of carbonyl (C=O) groups is 2. The molecule has 0 heterocycles. The van der Waals surface area contributed by atoms with Crippen LogP contribution < -0.4 is 0 Å². The van der Waals surface area contributed by atoms with Gasteiger partial charge in [0, 0.05) is 24.9 Å². The summed E-state index contributed by atoms with van der Waals surface area (Å²) < 4.78 is 0. The predicted molar refractivity (Wildman–Crippen MR) is 68.7 cm³/mol. The standard InChI is InChI=1S/C12H15NO3S/c1-13(7-8-17-2)11(14)9-3-5-10(6-4-9)12(15)16/h3-6H,7-8H2,1-2H3,(H,15,16). The summed E-state index contributed by atoms with van der Waals surface area (Å²) in [5.41, 5.74) is 0.701. The molecule has 1 aromatic rings. The Balaban J connectivity index is 2.72. The smallest absolute Gasteiger partial charge is 0.335 e. The zero-order valence-corrected chi connectivity index (χ0v) is 10.7. The van der Waals surface area contributed by atoms with Gasteiger partial charge in [-0.2, -0.15) is 11.8 Å². The third-order valence-corrected chi connectivity index (χ3v) is 2.95. The number of carboxylic acid groups (broad SMARTS) is 1. The number of thioether (sulfide) groups is 1. The van der Waals surface area contributed by atoms with Crippen molar-refractivity contribution in [3.05, 3.63) is 35.4 Å². The van der Waals surface area contributed by atoms with Crippen LogP contribution >= 0.6 is 11.8 Å². The highest BCUT2D eigenvalue weighted by molar-refractivity contribution is 7.98. The molecule has 0 unspecified atom stereocenters. The van der Waals surface area contributed by atoms with Crippen molar-refractivity contribution >= 4 is 23.6 Å². The second-order valence-corrected chi connectivity index (χ2v) is 4.59. The third kappa shape index (κ3) is 3.78. The summed E-state index contributed by atoms with van der Waals surface area (Å²) in [7, 11) is 1.74. The number of rotatable bonds is 5. The highest BCUT2D eigenvalue weighted by Crippen LogP contribution is 2.07. The molecule has 1 amide bonds. The maximum Gasteiger partial charge on any atom is 0.335 e. The summed E-state index contributed by atoms with van der Waals surface area (Å²) in [5.74, 6) is -0.189. The Morgan fingerprint density at radius 1 is 1.24 bits per heavy atom. The molecular formula is C12H15NO3S. The molecule has 0 aliphatic rings. The average Bonchev–Trinajstić information content (AvgIpc) is 2.35. The number of hydrogen-bond donors (Lipinski definition) is 1. The van der Waals surface area contributed by atoms with Gasteiger partial charge < -0.3 is 10.0 Å². The van der Waals surface area contributed by atoms with Crippen LogP contribution in [0.25, 0.3) is 0 Å². The van der Waals surface area contributed by atoms with Crippen LogP contribution in [0.2, 0.25) is 0 Å². The normalized spacial score (nSPS) is 10.0. The number of nitrogens with zero attached hydrogens (tertiary/aromatic N) is 1. The van der Waals surface area contributed by atoms with E-state index in [-0.39, 0.29) is 11.5 Å². The lowest BCUT2D eigenvalue weighted by Crippen LogP contribution is -2.28. The van der Waals surface area contributed by atoms with Crippen LogP contribution in [-0.2, 0) is 0 Å². The zero-order valence-electron chi connectivity index (χ0n) is 9.84. The van der Waals surface area contributed by atoms with Crippen LogP contribution in [0, 0.1) is 0 Å². The maximum absolute atomic E-state index is 11.9. The number of carbonyl (C=O) groups excluding carboxylic acids is 1. The van der Waals surface area contributed by atoms with E-state index in [4.69, 9.17) is 5.11 Å². The fourth-order valence-electron chi connectivity index (χ4n) is 1.31. The van der Waals surface area contributed by atoms with Crippen LogP contribution in [0.15, 0.2) is 24.3 Å². The molecule has 5 heteroatoms. The van der Waals surface area contributed by atoms with E-state index in [0.29, 0.717) is 12.1 Å². The zero-order chi connectivity index (χ0) is 12.8. The predicted octanol–water partition coefficient (Wildman–Crippen LogP) is 1.82. The van der Waals surface area contributed by atoms with Crippen molar-refractivity contribution in [1.82, 2.24) is 4.90 Å². The Labute approximate surface area is 105 Å². The van der Waals surface area contributed by atoms with E-state index < -0.39 is 5.97 Å². The van der Waals surface area contributed by atoms with E-state index in [1.807, 2.05) is 6.26 Å². The highest BCUT2D eigenvalue weighted by atomic mass is 32.2. The largest absolute Gasteiger partial charge is 0.478 e. The van der Waals surface area contributed by atoms with Crippen molar-refractivity contribution in [3.63, 3.8) is 0 Å². The molecule has 1 aromatic carbocycles. The summed E-state index contributed by atoms with van der Waals surface area (Å²) in [6.07, 6.45) is 1.99. The molecule has 0 spiro atoms. The Kier molecular flexibility index (Phi) is 5.03. The monoisotopic (exact) mass is 253 g/mol. The van der Waals surface area contributed by atoms with Crippen molar-refractivity contribution in [2.75, 3.05) is 25.6 Å². The van der Waals surface area contributed by atoms with Gasteiger partial charge in [0.15, 0.2) is 0 Å². The Morgan fingerprint density at radius 2 is 1.76 bits per heavy atom. The van der Waals surface area contributed by atoms with E-state index in [1.165, 1.54) is 12.1 Å². The van der Waals surface area contributed by atoms with E-state index >= 15 is 0 Å². The van der Waals surface area contributed by atoms with Gasteiger partial charge in [-0.3, -0.25) is 4.79 Å². The van der Waals surface area contributed by atoms with Crippen molar-refractivity contribution in [1.29, 1.82) is 0 Å². The third-order valence-electron chi connectivity index (χ3n) is 2.36. The molecule has 1 rings (SSSR count). The first kappa shape index (κ1) is 13.6. The van der Waals surface area contributed by atoms with Crippen molar-refractivity contribution in [2.45, 2.75) is 0 Å². The molecule has 0 atom stereocenters. The first-order chi connectivity index (χ1) is 8.06. The lowest BCUT2D eigenvalue weighted by molar-refractivity contribution is 0.0695. The Hall–Kier alpha value is -1.49. The molecule has 0 radical (unpaired) electrons. The fraction of sp³-hybridized carbons (Fsp3) is 0.333. The van der Waals surface area contributed by atoms with Gasteiger partial charge in [0.05, 0.1) is 5.56 Å². The maximum atomic E-state index is 11.9. The summed E-state index contributed by atoms with van der Waals surface area (Å²) >= 11 is 1.68. The van der Waals surface area contributed by atoms with Gasteiger partial charge in [-0.1, -0.05) is 0 Å². The first-order valence-corrected chi connectivity index (χ1v) is 6.53. The first-order valence-electron chi connectivity index (χ1n) is 5.14. The van der Waals surface area contributed by atoms with Crippen molar-refractivity contribution < 1.29 is 14.7 Å². The lowest BCUT2D eigenvalue weighted by Gasteiger charge is -2.16. The molecule has 1 N–H and O–H groups in total. The number of aromatic carboxylic acids is 1. The summed E-state index contributed by atoms with van der Waals surface area (Å²) in [6, 6.07) is 5.97. The number of benzene rings is 1. The second kappa shape index (κ2) is 6.30. The number of carboxylic acids is 1. The second-order valence-electron chi connectivity index (χ2n) is 3.60. The molecule has 0 fully saturated rings. The SMILES string of the molecule is CSCCN(C)C(=O)c1ccc(C(=O)O)cc1. The molecule has 17 heavy (non-hydrogen) atoms. The number of amides is 1. The summed E-state index contributed by atoms with van der Waals surface area (Å²) in [4.78, 5) is 24.2. The summed E-state index contributed by atoms with van der Waals surface area (Å²) in [5, 5.41) is 8.74. The van der Waals surface area contributed by atoms with Crippen LogP contribution in [0.4, 0.5) is 0 Å². The van der Waals surface area contributed by atoms with Crippen molar-refractivity contribution in [3.8, 4) is 0 Å². The van der Waals surface area contributed by atoms with Crippen LogP contribution in [-0.4, -0.2) is 47.5 Å². The van der Waals surface area contributed by atoms with Gasteiger partial charge >= 0.3 is 5.97 Å². The molecule has 0 aliphatic carbocycles. The quantitative estimate of drug-likeness (QED) is 0.869. The molecule has 0 aliphatic heterocycles. The minimum Gasteiger partial charge on any atom is -0.478 e. The summed E-state index contributed by atoms with van der Waals surface area (Å²) in [6.45, 7) is 0.681. The molecule has 0 aromatic heterocycles. The van der Waals surface area contributed by atoms with Crippen LogP contribution in [0.3, 0.4) is 0 Å². The molecule has 0 saturated carbocycles. The fourth-order valence-corrected chi connectivity index (χ4v) is 1.76. The van der Waals surface area contributed by atoms with Gasteiger partial charge in [-0.05, 0) is 30.5 Å². The minimum absolute atomic E-state index is 0.0870. The van der Waals surface area contributed by atoms with E-state index in [1.54, 1.807) is 35.8 Å². The van der Waals surface area contributed by atoms with E-state index in [0.717, 1.165) is 5.75 Å². The van der Waals surface area contributed by atoms with Gasteiger partial charge in [0.1, 0.15) is 0 Å². The topological polar surface area (TPSA) is 57.6 Å².